The van der Waals surface area contributed by atoms with E-state index in [9.17, 15) is 4.79 Å². The molecule has 18 heavy (non-hydrogen) atoms. The monoisotopic (exact) mass is 304 g/mol. The highest BCUT2D eigenvalue weighted by molar-refractivity contribution is 9.10. The highest BCUT2D eigenvalue weighted by Crippen LogP contribution is 2.16. The molecule has 0 radical (unpaired) electrons. The minimum Gasteiger partial charge on any atom is -0.367 e. The molecule has 0 aliphatic rings. The number of benzene rings is 1. The van der Waals surface area contributed by atoms with Crippen LogP contribution in [0.4, 0.5) is 0 Å². The van der Waals surface area contributed by atoms with Crippen LogP contribution in [0.15, 0.2) is 53.3 Å². The Morgan fingerprint density at radius 2 is 2.17 bits per heavy atom. The lowest BCUT2D eigenvalue weighted by molar-refractivity contribution is -0.116. The number of amides is 1. The maximum Gasteiger partial charge on any atom is 0.244 e. The van der Waals surface area contributed by atoms with Gasteiger partial charge in [0.1, 0.15) is 0 Å². The molecule has 0 aliphatic carbocycles. The number of halogens is 1. The van der Waals surface area contributed by atoms with E-state index in [1.807, 2.05) is 42.7 Å². The van der Waals surface area contributed by atoms with Crippen LogP contribution in [0, 0.1) is 0 Å². The van der Waals surface area contributed by atoms with Gasteiger partial charge >= 0.3 is 0 Å². The van der Waals surface area contributed by atoms with Crippen LogP contribution in [-0.4, -0.2) is 10.9 Å². The highest BCUT2D eigenvalue weighted by atomic mass is 79.9. The first-order chi connectivity index (χ1) is 8.75. The molecule has 0 saturated carbocycles. The molecule has 1 heterocycles. The molecule has 2 aromatic rings. The Morgan fingerprint density at radius 1 is 1.33 bits per heavy atom. The molecule has 0 spiro atoms. The number of nitrogens with one attached hydrogen (secondary N) is 2. The van der Waals surface area contributed by atoms with Crippen LogP contribution in [-0.2, 0) is 11.3 Å². The Morgan fingerprint density at radius 3 is 2.89 bits per heavy atom. The molecule has 0 saturated heterocycles. The number of hydrogen-bond acceptors (Lipinski definition) is 1. The van der Waals surface area contributed by atoms with Gasteiger partial charge in [-0.2, -0.15) is 0 Å². The number of rotatable bonds is 4. The van der Waals surface area contributed by atoms with Crippen molar-refractivity contribution in [3.63, 3.8) is 0 Å². The van der Waals surface area contributed by atoms with Crippen LogP contribution in [0.2, 0.25) is 0 Å². The van der Waals surface area contributed by atoms with Gasteiger partial charge in [-0.05, 0) is 29.3 Å². The number of aromatic amines is 1. The minimum absolute atomic E-state index is 0.105. The predicted molar refractivity (Wildman–Crippen MR) is 75.8 cm³/mol. The fourth-order valence-electron chi connectivity index (χ4n) is 1.49. The molecule has 1 aromatic heterocycles. The topological polar surface area (TPSA) is 44.9 Å². The number of carbonyl (C=O) groups is 1. The molecule has 2 rings (SSSR count). The van der Waals surface area contributed by atoms with Crippen LogP contribution < -0.4 is 5.32 Å². The molecule has 0 bridgehead atoms. The van der Waals surface area contributed by atoms with Crippen molar-refractivity contribution in [3.05, 3.63) is 64.4 Å². The molecule has 1 amide bonds. The van der Waals surface area contributed by atoms with Crippen LogP contribution in [0.25, 0.3) is 6.08 Å². The van der Waals surface area contributed by atoms with Crippen molar-refractivity contribution in [1.29, 1.82) is 0 Å². The SMILES string of the molecule is O=C(/C=C/c1ccccc1Br)NCc1cc[nH]c1. The largest absolute Gasteiger partial charge is 0.367 e. The second-order valence-corrected chi connectivity index (χ2v) is 4.65. The Kier molecular flexibility index (Phi) is 4.36. The van der Waals surface area contributed by atoms with Gasteiger partial charge in [-0.1, -0.05) is 34.1 Å². The second-order valence-electron chi connectivity index (χ2n) is 3.79. The lowest BCUT2D eigenvalue weighted by atomic mass is 10.2. The third kappa shape index (κ3) is 3.60. The van der Waals surface area contributed by atoms with Gasteiger partial charge < -0.3 is 10.3 Å². The van der Waals surface area contributed by atoms with Gasteiger partial charge in [0.05, 0.1) is 0 Å². The van der Waals surface area contributed by atoms with Crippen LogP contribution in [0.1, 0.15) is 11.1 Å². The zero-order chi connectivity index (χ0) is 12.8. The highest BCUT2D eigenvalue weighted by Gasteiger charge is 1.98. The number of hydrogen-bond donors (Lipinski definition) is 2. The van der Waals surface area contributed by atoms with Gasteiger partial charge in [0.2, 0.25) is 5.91 Å². The van der Waals surface area contributed by atoms with Gasteiger partial charge in [-0.15, -0.1) is 0 Å². The van der Waals surface area contributed by atoms with Gasteiger partial charge in [0.25, 0.3) is 0 Å². The Hall–Kier alpha value is -1.81. The Balaban J connectivity index is 1.89. The average molecular weight is 305 g/mol. The molecule has 2 N–H and O–H groups in total. The van der Waals surface area contributed by atoms with E-state index in [0.29, 0.717) is 6.54 Å². The van der Waals surface area contributed by atoms with Crippen LogP contribution in [0.5, 0.6) is 0 Å². The summed E-state index contributed by atoms with van der Waals surface area (Å²) in [6.45, 7) is 0.530. The normalized spacial score (nSPS) is 10.7. The van der Waals surface area contributed by atoms with Crippen LogP contribution in [0.3, 0.4) is 0 Å². The first kappa shape index (κ1) is 12.6. The molecule has 0 fully saturated rings. The summed E-state index contributed by atoms with van der Waals surface area (Å²) in [6, 6.07) is 9.69. The lowest BCUT2D eigenvalue weighted by Crippen LogP contribution is -2.19. The quantitative estimate of drug-likeness (QED) is 0.838. The summed E-state index contributed by atoms with van der Waals surface area (Å²) in [5.74, 6) is -0.105. The van der Waals surface area contributed by atoms with Crippen molar-refractivity contribution < 1.29 is 4.79 Å². The van der Waals surface area contributed by atoms with E-state index >= 15 is 0 Å². The molecule has 0 aliphatic heterocycles. The zero-order valence-electron chi connectivity index (χ0n) is 9.69. The Bertz CT molecular complexity index is 547. The van der Waals surface area contributed by atoms with Crippen molar-refractivity contribution in [2.45, 2.75) is 6.54 Å². The summed E-state index contributed by atoms with van der Waals surface area (Å²) >= 11 is 3.43. The van der Waals surface area contributed by atoms with Crippen molar-refractivity contribution in [2.75, 3.05) is 0 Å². The van der Waals surface area contributed by atoms with E-state index < -0.39 is 0 Å². The summed E-state index contributed by atoms with van der Waals surface area (Å²) in [6.07, 6.45) is 7.01. The predicted octanol–water partition coefficient (Wildman–Crippen LogP) is 3.11. The van der Waals surface area contributed by atoms with Crippen molar-refractivity contribution in [2.24, 2.45) is 0 Å². The van der Waals surface area contributed by atoms with Crippen molar-refractivity contribution in [1.82, 2.24) is 10.3 Å². The Labute approximate surface area is 114 Å². The zero-order valence-corrected chi connectivity index (χ0v) is 11.3. The average Bonchev–Trinajstić information content (AvgIpc) is 2.88. The summed E-state index contributed by atoms with van der Waals surface area (Å²) in [7, 11) is 0. The van der Waals surface area contributed by atoms with Gasteiger partial charge in [0, 0.05) is 29.5 Å². The molecule has 0 atom stereocenters. The first-order valence-electron chi connectivity index (χ1n) is 5.58. The number of aromatic nitrogens is 1. The fourth-order valence-corrected chi connectivity index (χ4v) is 1.91. The van der Waals surface area contributed by atoms with Gasteiger partial charge in [0.15, 0.2) is 0 Å². The molecule has 92 valence electrons. The minimum atomic E-state index is -0.105. The molecule has 1 aromatic carbocycles. The maximum atomic E-state index is 11.6. The third-order valence-corrected chi connectivity index (χ3v) is 3.17. The second kappa shape index (κ2) is 6.21. The summed E-state index contributed by atoms with van der Waals surface area (Å²) < 4.78 is 0.972. The van der Waals surface area contributed by atoms with Crippen LogP contribution >= 0.6 is 15.9 Å². The van der Waals surface area contributed by atoms with E-state index in [2.05, 4.69) is 26.2 Å². The molecular weight excluding hydrogens is 292 g/mol. The fraction of sp³-hybridized carbons (Fsp3) is 0.0714. The standard InChI is InChI=1S/C14H13BrN2O/c15-13-4-2-1-3-12(13)5-6-14(18)17-10-11-7-8-16-9-11/h1-9,16H,10H2,(H,17,18)/b6-5+. The van der Waals surface area contributed by atoms with E-state index in [1.165, 1.54) is 6.08 Å². The lowest BCUT2D eigenvalue weighted by Gasteiger charge is -2.00. The van der Waals surface area contributed by atoms with Gasteiger partial charge in [-0.25, -0.2) is 0 Å². The summed E-state index contributed by atoms with van der Waals surface area (Å²) in [5, 5.41) is 2.81. The number of H-pyrrole nitrogens is 1. The molecule has 4 heteroatoms. The van der Waals surface area contributed by atoms with E-state index in [-0.39, 0.29) is 5.91 Å². The number of carbonyl (C=O) groups excluding carboxylic acids is 1. The summed E-state index contributed by atoms with van der Waals surface area (Å²) in [4.78, 5) is 14.5. The van der Waals surface area contributed by atoms with E-state index in [0.717, 1.165) is 15.6 Å². The molecule has 3 nitrogen and oxygen atoms in total. The molecular formula is C14H13BrN2O. The van der Waals surface area contributed by atoms with Gasteiger partial charge in [-0.3, -0.25) is 4.79 Å². The molecule has 0 unspecified atom stereocenters. The van der Waals surface area contributed by atoms with Crippen molar-refractivity contribution in [3.8, 4) is 0 Å². The van der Waals surface area contributed by atoms with E-state index in [4.69, 9.17) is 0 Å². The van der Waals surface area contributed by atoms with E-state index in [1.54, 1.807) is 6.08 Å². The smallest absolute Gasteiger partial charge is 0.244 e. The summed E-state index contributed by atoms with van der Waals surface area (Å²) in [5.41, 5.74) is 2.03. The third-order valence-electron chi connectivity index (χ3n) is 2.45. The maximum absolute atomic E-state index is 11.6. The first-order valence-corrected chi connectivity index (χ1v) is 6.37. The van der Waals surface area contributed by atoms with Crippen molar-refractivity contribution >= 4 is 27.9 Å².